The summed E-state index contributed by atoms with van der Waals surface area (Å²) in [6, 6.07) is 2.73. The van der Waals surface area contributed by atoms with Crippen molar-refractivity contribution in [2.24, 2.45) is 0 Å². The largest absolute Gasteiger partial charge is 0.497 e. The first-order valence-electron chi connectivity index (χ1n) is 10.5. The molecule has 0 unspecified atom stereocenters. The van der Waals surface area contributed by atoms with E-state index in [9.17, 15) is 31.5 Å². The number of carbonyl (C=O) groups excluding carboxylic acids is 1. The molecule has 0 saturated heterocycles. The van der Waals surface area contributed by atoms with Crippen LogP contribution in [-0.2, 0) is 13.0 Å². The second kappa shape index (κ2) is 9.59. The van der Waals surface area contributed by atoms with Crippen LogP contribution in [0.1, 0.15) is 29.0 Å². The lowest BCUT2D eigenvalue weighted by molar-refractivity contribution is -0.153. The number of fused-ring (bicyclic) bond motifs is 1. The van der Waals surface area contributed by atoms with Crippen LogP contribution < -0.4 is 20.5 Å². The molecule has 0 radical (unpaired) electrons. The normalized spacial score (nSPS) is 13.3. The topological polar surface area (TPSA) is 87.4 Å². The second-order valence-electron chi connectivity index (χ2n) is 7.84. The van der Waals surface area contributed by atoms with Crippen molar-refractivity contribution in [3.8, 4) is 17.2 Å². The van der Waals surface area contributed by atoms with Crippen LogP contribution in [0.25, 0.3) is 5.69 Å². The van der Waals surface area contributed by atoms with E-state index in [1.807, 2.05) is 5.32 Å². The Hall–Kier alpha value is -3.97. The Bertz CT molecular complexity index is 1360. The fourth-order valence-electron chi connectivity index (χ4n) is 3.69. The number of benzene rings is 2. The number of carbonyl (C=O) groups is 1. The highest BCUT2D eigenvalue weighted by Gasteiger charge is 2.31. The third kappa shape index (κ3) is 5.02. The highest BCUT2D eigenvalue weighted by Crippen LogP contribution is 2.30. The monoisotopic (exact) mass is 516 g/mol. The minimum absolute atomic E-state index is 0.194. The van der Waals surface area contributed by atoms with Gasteiger partial charge < -0.3 is 14.8 Å². The Morgan fingerprint density at radius 3 is 2.39 bits per heavy atom. The fraction of sp³-hybridized carbons (Fsp3) is 0.318. The molecule has 3 aromatic rings. The van der Waals surface area contributed by atoms with Crippen LogP contribution in [0, 0.1) is 17.5 Å². The zero-order chi connectivity index (χ0) is 26.2. The van der Waals surface area contributed by atoms with Gasteiger partial charge in [-0.25, -0.2) is 18.0 Å². The lowest BCUT2D eigenvalue weighted by atomic mass is 10.1. The predicted octanol–water partition coefficient (Wildman–Crippen LogP) is 3.99. The number of aryl methyl sites for hydroxylation is 1. The first-order chi connectivity index (χ1) is 17.0. The number of nitrogens with one attached hydrogen (secondary N) is 1. The average Bonchev–Trinajstić information content (AvgIpc) is 3.15. The molecule has 14 heteroatoms. The van der Waals surface area contributed by atoms with E-state index in [2.05, 4.69) is 5.10 Å². The minimum Gasteiger partial charge on any atom is -0.497 e. The number of halogens is 6. The van der Waals surface area contributed by atoms with Gasteiger partial charge in [0.2, 0.25) is 0 Å². The van der Waals surface area contributed by atoms with Gasteiger partial charge in [-0.05, 0) is 18.9 Å². The van der Waals surface area contributed by atoms with Gasteiger partial charge >= 0.3 is 11.9 Å². The zero-order valence-corrected chi connectivity index (χ0v) is 18.6. The molecule has 2 heterocycles. The summed E-state index contributed by atoms with van der Waals surface area (Å²) in [4.78, 5) is 25.4. The van der Waals surface area contributed by atoms with Crippen LogP contribution in [0.15, 0.2) is 29.1 Å². The first kappa shape index (κ1) is 25.1. The number of ether oxygens (including phenoxy) is 2. The molecule has 0 bridgehead atoms. The van der Waals surface area contributed by atoms with Crippen LogP contribution >= 0.6 is 0 Å². The van der Waals surface area contributed by atoms with Gasteiger partial charge in [0.25, 0.3) is 5.91 Å². The summed E-state index contributed by atoms with van der Waals surface area (Å²) in [6.07, 6.45) is -2.95. The average molecular weight is 516 g/mol. The van der Waals surface area contributed by atoms with Crippen LogP contribution in [0.5, 0.6) is 11.5 Å². The quantitative estimate of drug-likeness (QED) is 0.501. The van der Waals surface area contributed by atoms with Crippen molar-refractivity contribution in [3.63, 3.8) is 0 Å². The maximum absolute atomic E-state index is 15.1. The number of alkyl halides is 3. The fourth-order valence-corrected chi connectivity index (χ4v) is 3.69. The smallest absolute Gasteiger partial charge is 0.422 e. The van der Waals surface area contributed by atoms with Crippen molar-refractivity contribution in [1.82, 2.24) is 14.3 Å². The Labute approximate surface area is 199 Å². The van der Waals surface area contributed by atoms with Crippen molar-refractivity contribution in [2.75, 3.05) is 19.0 Å². The molecular weight excluding hydrogens is 498 g/mol. The maximum atomic E-state index is 15.1. The number of rotatable bonds is 6. The van der Waals surface area contributed by atoms with E-state index < -0.39 is 64.5 Å². The molecule has 1 aliphatic heterocycles. The van der Waals surface area contributed by atoms with E-state index in [4.69, 9.17) is 9.47 Å². The van der Waals surface area contributed by atoms with Gasteiger partial charge in [0, 0.05) is 31.2 Å². The van der Waals surface area contributed by atoms with Gasteiger partial charge in [-0.3, -0.25) is 9.36 Å². The van der Waals surface area contributed by atoms with Crippen LogP contribution in [0.2, 0.25) is 0 Å². The van der Waals surface area contributed by atoms with Gasteiger partial charge in [-0.15, -0.1) is 5.10 Å². The van der Waals surface area contributed by atoms with Crippen LogP contribution in [-0.4, -0.2) is 40.1 Å². The van der Waals surface area contributed by atoms with Gasteiger partial charge in [-0.2, -0.15) is 17.9 Å². The van der Waals surface area contributed by atoms with Crippen molar-refractivity contribution < 1.29 is 40.6 Å². The standard InChI is InChI=1S/C22H18F6N4O4/c1-35-11-6-14(24)19(15(25)7-11)29-20(33)12-8-13(23)16(9-17(12)36-10-22(26,27)28)32-21(34)31-5-3-2-4-18(31)30-32/h6-9H,2-5,10H2,1H3,(H,29,33). The molecule has 0 atom stereocenters. The second-order valence-corrected chi connectivity index (χ2v) is 7.84. The molecule has 0 aliphatic carbocycles. The summed E-state index contributed by atoms with van der Waals surface area (Å²) in [5, 5.41) is 5.91. The van der Waals surface area contributed by atoms with E-state index in [-0.39, 0.29) is 5.75 Å². The maximum Gasteiger partial charge on any atom is 0.422 e. The van der Waals surface area contributed by atoms with Gasteiger partial charge in [-0.1, -0.05) is 0 Å². The molecular formula is C22H18F6N4O4. The third-order valence-corrected chi connectivity index (χ3v) is 5.37. The van der Waals surface area contributed by atoms with Crippen LogP contribution in [0.3, 0.4) is 0 Å². The minimum atomic E-state index is -4.83. The van der Waals surface area contributed by atoms with Crippen LogP contribution in [0.4, 0.5) is 32.0 Å². The van der Waals surface area contributed by atoms with Crippen molar-refractivity contribution in [1.29, 1.82) is 0 Å². The molecule has 4 rings (SSSR count). The van der Waals surface area contributed by atoms with Crippen molar-refractivity contribution in [2.45, 2.75) is 32.0 Å². The lowest BCUT2D eigenvalue weighted by Crippen LogP contribution is -2.27. The van der Waals surface area contributed by atoms with Gasteiger partial charge in [0.15, 0.2) is 18.2 Å². The van der Waals surface area contributed by atoms with E-state index >= 15 is 4.39 Å². The van der Waals surface area contributed by atoms with E-state index in [0.29, 0.717) is 42.0 Å². The number of nitrogens with zero attached hydrogens (tertiary/aromatic N) is 3. The lowest BCUT2D eigenvalue weighted by Gasteiger charge is -2.16. The Morgan fingerprint density at radius 1 is 1.08 bits per heavy atom. The molecule has 8 nitrogen and oxygen atoms in total. The van der Waals surface area contributed by atoms with Gasteiger partial charge in [0.05, 0.1) is 12.7 Å². The molecule has 0 saturated carbocycles. The number of amides is 1. The zero-order valence-electron chi connectivity index (χ0n) is 18.6. The van der Waals surface area contributed by atoms with E-state index in [1.165, 1.54) is 4.57 Å². The molecule has 36 heavy (non-hydrogen) atoms. The molecule has 1 aliphatic rings. The summed E-state index contributed by atoms with van der Waals surface area (Å²) in [5.74, 6) is -5.66. The SMILES string of the molecule is COc1cc(F)c(NC(=O)c2cc(F)c(-n3nc4n(c3=O)CCCC4)cc2OCC(F)(F)F)c(F)c1. The Kier molecular flexibility index (Phi) is 6.69. The highest BCUT2D eigenvalue weighted by molar-refractivity contribution is 6.06. The summed E-state index contributed by atoms with van der Waals surface area (Å²) in [7, 11) is 1.16. The van der Waals surface area contributed by atoms with Gasteiger partial charge in [0.1, 0.15) is 34.5 Å². The molecule has 192 valence electrons. The number of methoxy groups -OCH3 is 1. The molecule has 1 N–H and O–H groups in total. The summed E-state index contributed by atoms with van der Waals surface area (Å²) >= 11 is 0. The summed E-state index contributed by atoms with van der Waals surface area (Å²) in [5.41, 5.74) is -3.01. The molecule has 1 aromatic heterocycles. The summed E-state index contributed by atoms with van der Waals surface area (Å²) in [6.45, 7) is -1.52. The molecule has 2 aromatic carbocycles. The number of hydrogen-bond acceptors (Lipinski definition) is 5. The number of anilines is 1. The van der Waals surface area contributed by atoms with E-state index in [1.54, 1.807) is 0 Å². The molecule has 0 fully saturated rings. The first-order valence-corrected chi connectivity index (χ1v) is 10.5. The molecule has 0 spiro atoms. The predicted molar refractivity (Wildman–Crippen MR) is 113 cm³/mol. The highest BCUT2D eigenvalue weighted by atomic mass is 19.4. The Morgan fingerprint density at radius 2 is 1.78 bits per heavy atom. The third-order valence-electron chi connectivity index (χ3n) is 5.37. The number of aromatic nitrogens is 3. The molecule has 1 amide bonds. The Balaban J connectivity index is 1.76. The van der Waals surface area contributed by atoms with Crippen molar-refractivity contribution in [3.05, 3.63) is 63.6 Å². The number of hydrogen-bond donors (Lipinski definition) is 1. The van der Waals surface area contributed by atoms with Crippen molar-refractivity contribution >= 4 is 11.6 Å². The van der Waals surface area contributed by atoms with E-state index in [0.717, 1.165) is 25.7 Å². The summed E-state index contributed by atoms with van der Waals surface area (Å²) < 4.78 is 93.5.